The van der Waals surface area contributed by atoms with Crippen molar-refractivity contribution in [3.63, 3.8) is 0 Å². The molecule has 1 amide bonds. The van der Waals surface area contributed by atoms with Crippen LogP contribution in [-0.4, -0.2) is 35.2 Å². The Kier molecular flexibility index (Phi) is 5.57. The van der Waals surface area contributed by atoms with Gasteiger partial charge in [0.1, 0.15) is 5.56 Å². The average Bonchev–Trinajstić information content (AvgIpc) is 2.98. The molecule has 1 aliphatic carbocycles. The Morgan fingerprint density at radius 3 is 2.59 bits per heavy atom. The maximum Gasteiger partial charge on any atom is 0.343 e. The van der Waals surface area contributed by atoms with Crippen LogP contribution in [0.3, 0.4) is 0 Å². The van der Waals surface area contributed by atoms with Crippen LogP contribution in [0.4, 0.5) is 5.82 Å². The number of hydrogen-bond acceptors (Lipinski definition) is 4. The molecule has 1 aromatic heterocycles. The maximum absolute atomic E-state index is 12.8. The van der Waals surface area contributed by atoms with Crippen LogP contribution >= 0.6 is 0 Å². The molecule has 1 saturated carbocycles. The van der Waals surface area contributed by atoms with E-state index in [1.807, 2.05) is 6.92 Å². The molecule has 1 fully saturated rings. The maximum atomic E-state index is 12.8. The van der Waals surface area contributed by atoms with Crippen LogP contribution < -0.4 is 4.90 Å². The number of aromatic nitrogens is 2. The van der Waals surface area contributed by atoms with Crippen LogP contribution in [0, 0.1) is 11.8 Å². The van der Waals surface area contributed by atoms with Gasteiger partial charge in [0.25, 0.3) is 0 Å². The lowest BCUT2D eigenvalue weighted by molar-refractivity contribution is -0.123. The number of H-pyrrole nitrogens is 1. The lowest BCUT2D eigenvalue weighted by atomic mass is 9.82. The fourth-order valence-corrected chi connectivity index (χ4v) is 2.98. The number of carbonyl (C=O) groups excluding carboxylic acids is 2. The molecule has 1 aromatic rings. The van der Waals surface area contributed by atoms with Crippen molar-refractivity contribution in [1.29, 1.82) is 0 Å². The number of hydrogen-bond donors (Lipinski definition) is 1. The number of aromatic amines is 1. The van der Waals surface area contributed by atoms with E-state index in [4.69, 9.17) is 4.74 Å². The number of esters is 1. The van der Waals surface area contributed by atoms with Crippen LogP contribution in [0.25, 0.3) is 0 Å². The number of ether oxygens (including phenoxy) is 1. The Morgan fingerprint density at radius 2 is 2.00 bits per heavy atom. The van der Waals surface area contributed by atoms with Crippen molar-refractivity contribution < 1.29 is 14.3 Å². The number of anilines is 1. The molecular weight excluding hydrogens is 282 g/mol. The molecule has 22 heavy (non-hydrogen) atoms. The minimum Gasteiger partial charge on any atom is -0.462 e. The fourth-order valence-electron chi connectivity index (χ4n) is 2.98. The molecule has 0 saturated heterocycles. The van der Waals surface area contributed by atoms with E-state index in [9.17, 15) is 9.59 Å². The minimum atomic E-state index is -0.449. The molecule has 122 valence electrons. The van der Waals surface area contributed by atoms with Crippen molar-refractivity contribution in [2.24, 2.45) is 11.8 Å². The first kappa shape index (κ1) is 16.5. The second kappa shape index (κ2) is 7.42. The van der Waals surface area contributed by atoms with E-state index in [0.29, 0.717) is 30.5 Å². The van der Waals surface area contributed by atoms with Gasteiger partial charge in [-0.15, -0.1) is 0 Å². The summed E-state index contributed by atoms with van der Waals surface area (Å²) in [5.74, 6) is 0.717. The minimum absolute atomic E-state index is 0.0305. The summed E-state index contributed by atoms with van der Waals surface area (Å²) in [7, 11) is 0. The fraction of sp³-hybridized carbons (Fsp3) is 0.688. The topological polar surface area (TPSA) is 75.3 Å². The van der Waals surface area contributed by atoms with Crippen molar-refractivity contribution in [1.82, 2.24) is 10.2 Å². The largest absolute Gasteiger partial charge is 0.462 e. The van der Waals surface area contributed by atoms with E-state index in [1.54, 1.807) is 11.8 Å². The van der Waals surface area contributed by atoms with Gasteiger partial charge < -0.3 is 4.74 Å². The SMILES string of the molecule is CCOC(=O)c1c[nH]nc1N(CC)C(=O)[C@H]1CC[C@H](C)CC1. The predicted octanol–water partition coefficient (Wildman–Crippen LogP) is 2.77. The van der Waals surface area contributed by atoms with Gasteiger partial charge in [-0.1, -0.05) is 6.92 Å². The third kappa shape index (κ3) is 3.48. The van der Waals surface area contributed by atoms with Crippen molar-refractivity contribution in [3.8, 4) is 0 Å². The summed E-state index contributed by atoms with van der Waals surface area (Å²) >= 11 is 0. The highest BCUT2D eigenvalue weighted by Gasteiger charge is 2.31. The van der Waals surface area contributed by atoms with Gasteiger partial charge in [0.2, 0.25) is 5.91 Å². The second-order valence-corrected chi connectivity index (χ2v) is 5.88. The summed E-state index contributed by atoms with van der Waals surface area (Å²) < 4.78 is 5.02. The Bertz CT molecular complexity index is 518. The van der Waals surface area contributed by atoms with E-state index < -0.39 is 5.97 Å². The molecule has 0 aromatic carbocycles. The predicted molar refractivity (Wildman–Crippen MR) is 83.7 cm³/mol. The van der Waals surface area contributed by atoms with Gasteiger partial charge in [-0.25, -0.2) is 4.79 Å². The van der Waals surface area contributed by atoms with E-state index in [0.717, 1.165) is 25.7 Å². The highest BCUT2D eigenvalue weighted by molar-refractivity contribution is 6.01. The lowest BCUT2D eigenvalue weighted by Crippen LogP contribution is -2.38. The van der Waals surface area contributed by atoms with Gasteiger partial charge in [-0.2, -0.15) is 5.10 Å². The van der Waals surface area contributed by atoms with Crippen LogP contribution in [0.2, 0.25) is 0 Å². The Morgan fingerprint density at radius 1 is 1.32 bits per heavy atom. The van der Waals surface area contributed by atoms with Crippen molar-refractivity contribution in [2.75, 3.05) is 18.1 Å². The van der Waals surface area contributed by atoms with Gasteiger partial charge in [-0.05, 0) is 45.4 Å². The van der Waals surface area contributed by atoms with Gasteiger partial charge in [0.05, 0.1) is 6.61 Å². The van der Waals surface area contributed by atoms with Crippen molar-refractivity contribution >= 4 is 17.7 Å². The number of nitrogens with zero attached hydrogens (tertiary/aromatic N) is 2. The first-order valence-electron chi connectivity index (χ1n) is 8.10. The molecule has 0 radical (unpaired) electrons. The Labute approximate surface area is 131 Å². The summed E-state index contributed by atoms with van der Waals surface area (Å²) in [4.78, 5) is 26.4. The van der Waals surface area contributed by atoms with Gasteiger partial charge in [0, 0.05) is 18.7 Å². The molecule has 0 aliphatic heterocycles. The van der Waals surface area contributed by atoms with Crippen LogP contribution in [0.1, 0.15) is 56.8 Å². The molecule has 0 bridgehead atoms. The number of carbonyl (C=O) groups is 2. The zero-order valence-corrected chi connectivity index (χ0v) is 13.6. The highest BCUT2D eigenvalue weighted by atomic mass is 16.5. The zero-order chi connectivity index (χ0) is 16.1. The molecule has 6 nitrogen and oxygen atoms in total. The average molecular weight is 307 g/mol. The molecule has 0 spiro atoms. The van der Waals surface area contributed by atoms with Crippen LogP contribution in [0.5, 0.6) is 0 Å². The summed E-state index contributed by atoms with van der Waals surface area (Å²) in [5, 5.41) is 6.77. The number of nitrogens with one attached hydrogen (secondary N) is 1. The summed E-state index contributed by atoms with van der Waals surface area (Å²) in [6.45, 7) is 6.66. The molecule has 6 heteroatoms. The summed E-state index contributed by atoms with van der Waals surface area (Å²) in [6, 6.07) is 0. The van der Waals surface area contributed by atoms with Crippen molar-refractivity contribution in [3.05, 3.63) is 11.8 Å². The highest BCUT2D eigenvalue weighted by Crippen LogP contribution is 2.31. The quantitative estimate of drug-likeness (QED) is 0.849. The van der Waals surface area contributed by atoms with Crippen molar-refractivity contribution in [2.45, 2.75) is 46.5 Å². The molecule has 2 rings (SSSR count). The standard InChI is InChI=1S/C16H25N3O3/c1-4-19(15(20)12-8-6-11(3)7-9-12)14-13(10-17-18-14)16(21)22-5-2/h10-12H,4-9H2,1-3H3,(H,17,18)/t11-,12-. The Balaban J connectivity index is 2.16. The third-order valence-electron chi connectivity index (χ3n) is 4.32. The first-order valence-corrected chi connectivity index (χ1v) is 8.10. The van der Waals surface area contributed by atoms with Gasteiger partial charge in [0.15, 0.2) is 5.82 Å². The van der Waals surface area contributed by atoms with Gasteiger partial charge in [-0.3, -0.25) is 14.8 Å². The van der Waals surface area contributed by atoms with E-state index in [-0.39, 0.29) is 11.8 Å². The number of amides is 1. The van der Waals surface area contributed by atoms with Gasteiger partial charge >= 0.3 is 5.97 Å². The number of rotatable bonds is 5. The lowest BCUT2D eigenvalue weighted by Gasteiger charge is -2.29. The van der Waals surface area contributed by atoms with E-state index in [1.165, 1.54) is 6.20 Å². The molecule has 0 atom stereocenters. The Hall–Kier alpha value is -1.85. The van der Waals surface area contributed by atoms with E-state index >= 15 is 0 Å². The van der Waals surface area contributed by atoms with E-state index in [2.05, 4.69) is 17.1 Å². The third-order valence-corrected chi connectivity index (χ3v) is 4.32. The molecule has 1 heterocycles. The second-order valence-electron chi connectivity index (χ2n) is 5.88. The monoisotopic (exact) mass is 307 g/mol. The molecule has 1 N–H and O–H groups in total. The smallest absolute Gasteiger partial charge is 0.343 e. The van der Waals surface area contributed by atoms with Crippen LogP contribution in [-0.2, 0) is 9.53 Å². The molecular formula is C16H25N3O3. The first-order chi connectivity index (χ1) is 10.6. The summed E-state index contributed by atoms with van der Waals surface area (Å²) in [5.41, 5.74) is 0.321. The molecule has 0 unspecified atom stereocenters. The zero-order valence-electron chi connectivity index (χ0n) is 13.6. The normalized spacial score (nSPS) is 21.4. The summed E-state index contributed by atoms with van der Waals surface area (Å²) in [6.07, 6.45) is 5.48. The van der Waals surface area contributed by atoms with Crippen LogP contribution in [0.15, 0.2) is 6.20 Å². The molecule has 1 aliphatic rings.